The molecule has 1 aromatic rings. The van der Waals surface area contributed by atoms with Gasteiger partial charge in [-0.2, -0.15) is 0 Å². The molecule has 0 radical (unpaired) electrons. The van der Waals surface area contributed by atoms with Crippen molar-refractivity contribution in [2.75, 3.05) is 13.4 Å². The zero-order chi connectivity index (χ0) is 18.3. The van der Waals surface area contributed by atoms with Crippen LogP contribution in [0.25, 0.3) is 0 Å². The molecule has 0 heterocycles. The van der Waals surface area contributed by atoms with E-state index < -0.39 is 25.0 Å². The number of benzene rings is 1. The molecule has 0 aromatic heterocycles. The Morgan fingerprint density at radius 3 is 2.62 bits per heavy atom. The predicted molar refractivity (Wildman–Crippen MR) is 91.6 cm³/mol. The van der Waals surface area contributed by atoms with E-state index in [-0.39, 0.29) is 24.7 Å². The minimum Gasteiger partial charge on any atom is -0.460 e. The summed E-state index contributed by atoms with van der Waals surface area (Å²) >= 11 is 0. The second-order valence-corrected chi connectivity index (χ2v) is 12.3. The average molecular weight is 356 g/mol. The van der Waals surface area contributed by atoms with Gasteiger partial charge in [-0.1, -0.05) is 25.7 Å². The number of nitro groups is 1. The second-order valence-electron chi connectivity index (χ2n) is 6.66. The number of hydrogen-bond acceptors (Lipinski definition) is 6. The van der Waals surface area contributed by atoms with Crippen molar-refractivity contribution < 1.29 is 24.3 Å². The van der Waals surface area contributed by atoms with E-state index in [2.05, 4.69) is 19.6 Å². The molecule has 1 unspecified atom stereocenters. The summed E-state index contributed by atoms with van der Waals surface area (Å²) in [6.07, 6.45) is -1.48. The van der Waals surface area contributed by atoms with Gasteiger partial charge in [0.05, 0.1) is 4.92 Å². The Morgan fingerprint density at radius 2 is 2.08 bits per heavy atom. The molecule has 0 aliphatic rings. The number of nitro benzene ring substituents is 1. The van der Waals surface area contributed by atoms with Gasteiger partial charge in [0.1, 0.15) is 6.10 Å². The SMILES string of the molecule is C[Si](C)(C)CCOCOc1ccc(CC(O)C(N)=O)cc1[N+](=O)[O-]. The maximum absolute atomic E-state index is 11.2. The van der Waals surface area contributed by atoms with E-state index in [1.165, 1.54) is 18.2 Å². The smallest absolute Gasteiger partial charge is 0.311 e. The predicted octanol–water partition coefficient (Wildman–Crippen LogP) is 1.67. The van der Waals surface area contributed by atoms with E-state index in [0.717, 1.165) is 6.04 Å². The lowest BCUT2D eigenvalue weighted by Gasteiger charge is -2.15. The van der Waals surface area contributed by atoms with Crippen molar-refractivity contribution in [2.45, 2.75) is 38.2 Å². The van der Waals surface area contributed by atoms with Crippen molar-refractivity contribution in [3.8, 4) is 5.75 Å². The van der Waals surface area contributed by atoms with Crippen LogP contribution in [-0.2, 0) is 16.0 Å². The van der Waals surface area contributed by atoms with Crippen LogP contribution in [-0.4, -0.2) is 43.5 Å². The van der Waals surface area contributed by atoms with Crippen LogP contribution < -0.4 is 10.5 Å². The number of nitrogens with two attached hydrogens (primary N) is 1. The first kappa shape index (κ1) is 20.1. The summed E-state index contributed by atoms with van der Waals surface area (Å²) in [4.78, 5) is 21.4. The van der Waals surface area contributed by atoms with Gasteiger partial charge in [-0.3, -0.25) is 14.9 Å². The molecular weight excluding hydrogens is 332 g/mol. The molecule has 0 spiro atoms. The maximum atomic E-state index is 11.2. The van der Waals surface area contributed by atoms with Gasteiger partial charge in [-0.25, -0.2) is 0 Å². The molecule has 0 aliphatic heterocycles. The van der Waals surface area contributed by atoms with Crippen molar-refractivity contribution >= 4 is 19.7 Å². The fraction of sp³-hybridized carbons (Fsp3) is 0.533. The Bertz CT molecular complexity index is 588. The number of carbonyl (C=O) groups is 1. The molecule has 134 valence electrons. The lowest BCUT2D eigenvalue weighted by molar-refractivity contribution is -0.386. The van der Waals surface area contributed by atoms with Gasteiger partial charge in [0.15, 0.2) is 12.5 Å². The molecule has 0 fully saturated rings. The molecule has 1 amide bonds. The Hall–Kier alpha value is -1.97. The molecule has 0 saturated heterocycles. The van der Waals surface area contributed by atoms with Crippen LogP contribution in [0.1, 0.15) is 5.56 Å². The standard InChI is InChI=1S/C15H24N2O6Si/c1-24(2,3)7-6-22-10-23-14-5-4-11(8-12(14)17(20)21)9-13(18)15(16)19/h4-5,8,13,18H,6-7,9-10H2,1-3H3,(H2,16,19). The molecular formula is C15H24N2O6Si. The molecule has 0 bridgehead atoms. The summed E-state index contributed by atoms with van der Waals surface area (Å²) in [5.41, 5.74) is 5.14. The third kappa shape index (κ3) is 7.07. The first-order valence-corrected chi connectivity index (χ1v) is 11.3. The fourth-order valence-electron chi connectivity index (χ4n) is 1.82. The van der Waals surface area contributed by atoms with E-state index in [1.54, 1.807) is 0 Å². The molecule has 1 rings (SSSR count). The number of aliphatic hydroxyl groups excluding tert-OH is 1. The Labute approximate surface area is 141 Å². The highest BCUT2D eigenvalue weighted by molar-refractivity contribution is 6.76. The van der Waals surface area contributed by atoms with Crippen molar-refractivity contribution in [3.05, 3.63) is 33.9 Å². The third-order valence-corrected chi connectivity index (χ3v) is 4.98. The molecule has 0 aliphatic carbocycles. The van der Waals surface area contributed by atoms with Gasteiger partial charge >= 0.3 is 5.69 Å². The van der Waals surface area contributed by atoms with Crippen LogP contribution in [0.4, 0.5) is 5.69 Å². The van der Waals surface area contributed by atoms with Gasteiger partial charge in [-0.05, 0) is 17.7 Å². The maximum Gasteiger partial charge on any atom is 0.311 e. The van der Waals surface area contributed by atoms with Gasteiger partial charge < -0.3 is 20.3 Å². The van der Waals surface area contributed by atoms with Gasteiger partial charge in [0.25, 0.3) is 0 Å². The Kier molecular flexibility index (Phi) is 7.33. The number of primary amides is 1. The zero-order valence-electron chi connectivity index (χ0n) is 14.2. The topological polar surface area (TPSA) is 125 Å². The first-order valence-electron chi connectivity index (χ1n) is 7.55. The first-order chi connectivity index (χ1) is 11.1. The molecule has 3 N–H and O–H groups in total. The summed E-state index contributed by atoms with van der Waals surface area (Å²) in [5.74, 6) is -0.806. The summed E-state index contributed by atoms with van der Waals surface area (Å²) < 4.78 is 10.7. The van der Waals surface area contributed by atoms with Crippen molar-refractivity contribution in [1.82, 2.24) is 0 Å². The summed E-state index contributed by atoms with van der Waals surface area (Å²) in [7, 11) is -1.20. The number of amides is 1. The number of nitrogens with zero attached hydrogens (tertiary/aromatic N) is 1. The third-order valence-electron chi connectivity index (χ3n) is 3.27. The highest BCUT2D eigenvalue weighted by Crippen LogP contribution is 2.28. The van der Waals surface area contributed by atoms with Crippen LogP contribution in [0, 0.1) is 10.1 Å². The van der Waals surface area contributed by atoms with Crippen molar-refractivity contribution in [2.24, 2.45) is 5.73 Å². The average Bonchev–Trinajstić information content (AvgIpc) is 2.46. The summed E-state index contributed by atoms with van der Waals surface area (Å²) in [6, 6.07) is 5.19. The molecule has 8 nitrogen and oxygen atoms in total. The quantitative estimate of drug-likeness (QED) is 0.216. The van der Waals surface area contributed by atoms with Crippen LogP contribution in [0.5, 0.6) is 5.75 Å². The Balaban J connectivity index is 2.67. The Morgan fingerprint density at radius 1 is 1.42 bits per heavy atom. The number of rotatable bonds is 10. The van der Waals surface area contributed by atoms with Crippen molar-refractivity contribution in [3.63, 3.8) is 0 Å². The van der Waals surface area contributed by atoms with E-state index in [1.807, 2.05) is 0 Å². The van der Waals surface area contributed by atoms with Crippen molar-refractivity contribution in [1.29, 1.82) is 0 Å². The number of aliphatic hydroxyl groups is 1. The van der Waals surface area contributed by atoms with Gasteiger partial charge in [0.2, 0.25) is 5.91 Å². The minimum absolute atomic E-state index is 0.0744. The highest BCUT2D eigenvalue weighted by atomic mass is 28.3. The minimum atomic E-state index is -1.39. The zero-order valence-corrected chi connectivity index (χ0v) is 15.2. The molecule has 24 heavy (non-hydrogen) atoms. The molecule has 0 saturated carbocycles. The normalized spacial score (nSPS) is 12.7. The monoisotopic (exact) mass is 356 g/mol. The second kappa shape index (κ2) is 8.76. The van der Waals surface area contributed by atoms with Gasteiger partial charge in [0, 0.05) is 27.2 Å². The van der Waals surface area contributed by atoms with E-state index in [0.29, 0.717) is 12.2 Å². The highest BCUT2D eigenvalue weighted by Gasteiger charge is 2.19. The van der Waals surface area contributed by atoms with Crippen LogP contribution in [0.15, 0.2) is 18.2 Å². The van der Waals surface area contributed by atoms with E-state index in [4.69, 9.17) is 15.2 Å². The molecule has 1 aromatic carbocycles. The number of carbonyl (C=O) groups excluding carboxylic acids is 1. The number of ether oxygens (including phenoxy) is 2. The number of hydrogen-bond donors (Lipinski definition) is 2. The van der Waals surface area contributed by atoms with E-state index in [9.17, 15) is 20.0 Å². The van der Waals surface area contributed by atoms with Gasteiger partial charge in [-0.15, -0.1) is 0 Å². The molecule has 1 atom stereocenters. The lowest BCUT2D eigenvalue weighted by atomic mass is 10.1. The largest absolute Gasteiger partial charge is 0.460 e. The van der Waals surface area contributed by atoms with Crippen LogP contribution >= 0.6 is 0 Å². The fourth-order valence-corrected chi connectivity index (χ4v) is 2.58. The van der Waals surface area contributed by atoms with E-state index >= 15 is 0 Å². The summed E-state index contributed by atoms with van der Waals surface area (Å²) in [5, 5.41) is 20.6. The lowest BCUT2D eigenvalue weighted by Crippen LogP contribution is -2.30. The molecule has 9 heteroatoms. The summed E-state index contributed by atoms with van der Waals surface area (Å²) in [6.45, 7) is 7.14. The van der Waals surface area contributed by atoms with Crippen LogP contribution in [0.2, 0.25) is 25.7 Å². The van der Waals surface area contributed by atoms with Crippen LogP contribution in [0.3, 0.4) is 0 Å².